The highest BCUT2D eigenvalue weighted by atomic mass is 19.4. The van der Waals surface area contributed by atoms with Gasteiger partial charge in [0.15, 0.2) is 5.60 Å². The molecule has 5 nitrogen and oxygen atoms in total. The maximum atomic E-state index is 13.7. The number of aryl methyl sites for hydroxylation is 1. The van der Waals surface area contributed by atoms with Gasteiger partial charge in [0.2, 0.25) is 0 Å². The Hall–Kier alpha value is -2.24. The molecule has 1 N–H and O–H groups in total. The van der Waals surface area contributed by atoms with Gasteiger partial charge in [0, 0.05) is 31.6 Å². The maximum absolute atomic E-state index is 13.7. The van der Waals surface area contributed by atoms with Crippen molar-refractivity contribution in [1.82, 2.24) is 4.90 Å². The third-order valence-corrected chi connectivity index (χ3v) is 4.12. The Bertz CT molecular complexity index is 699. The molecule has 0 saturated heterocycles. The van der Waals surface area contributed by atoms with Gasteiger partial charge in [-0.05, 0) is 25.5 Å². The lowest BCUT2D eigenvalue weighted by molar-refractivity contribution is -0.272. The monoisotopic (exact) mass is 386 g/mol. The Kier molecular flexibility index (Phi) is 8.13. The molecule has 0 amide bonds. The summed E-state index contributed by atoms with van der Waals surface area (Å²) in [6.45, 7) is 3.79. The van der Waals surface area contributed by atoms with Crippen LogP contribution >= 0.6 is 0 Å². The molecule has 0 fully saturated rings. The summed E-state index contributed by atoms with van der Waals surface area (Å²) in [5.74, 6) is 2.06. The first-order valence-corrected chi connectivity index (χ1v) is 8.34. The summed E-state index contributed by atoms with van der Waals surface area (Å²) in [7, 11) is 3.06. The molecule has 0 spiro atoms. The zero-order chi connectivity index (χ0) is 20.7. The van der Waals surface area contributed by atoms with Gasteiger partial charge in [-0.25, -0.2) is 4.99 Å². The van der Waals surface area contributed by atoms with Crippen molar-refractivity contribution in [2.24, 2.45) is 4.99 Å². The Balaban J connectivity index is 3.35. The number of rotatable bonds is 9. The highest BCUT2D eigenvalue weighted by Crippen LogP contribution is 2.46. The average molecular weight is 386 g/mol. The molecule has 0 radical (unpaired) electrons. The first kappa shape index (κ1) is 22.8. The number of ether oxygens (including phenoxy) is 2. The number of nitrogens with zero attached hydrogens (tertiary/aromatic N) is 2. The predicted octanol–water partition coefficient (Wildman–Crippen LogP) is 3.40. The first-order valence-electron chi connectivity index (χ1n) is 8.34. The number of hydrogen-bond acceptors (Lipinski definition) is 4. The van der Waals surface area contributed by atoms with Crippen LogP contribution in [0, 0.1) is 19.3 Å². The van der Waals surface area contributed by atoms with Gasteiger partial charge in [-0.2, -0.15) is 13.2 Å². The number of aliphatic hydroxyl groups is 1. The molecule has 0 aliphatic rings. The lowest BCUT2D eigenvalue weighted by Gasteiger charge is -2.32. The number of halogens is 3. The van der Waals surface area contributed by atoms with E-state index in [4.69, 9.17) is 15.9 Å². The van der Waals surface area contributed by atoms with Gasteiger partial charge in [0.25, 0.3) is 0 Å². The highest BCUT2D eigenvalue weighted by molar-refractivity contribution is 5.65. The topological polar surface area (TPSA) is 54.3 Å². The summed E-state index contributed by atoms with van der Waals surface area (Å²) >= 11 is 0. The standard InChI is InChI=1S/C19H25F3N2O3/c1-6-9-27-10-8-18(25,19(20,21)22)15-11-14(3)16(12-17(15)26-5)23-13-24(4)7-2/h1,11-13,25H,7-10H2,2-5H3/b23-13+. The molecule has 0 heterocycles. The largest absolute Gasteiger partial charge is 0.496 e. The molecule has 150 valence electrons. The molecule has 1 atom stereocenters. The van der Waals surface area contributed by atoms with Crippen molar-refractivity contribution in [2.45, 2.75) is 32.0 Å². The van der Waals surface area contributed by atoms with Crippen LogP contribution in [0.25, 0.3) is 0 Å². The fourth-order valence-electron chi connectivity index (χ4n) is 2.33. The lowest BCUT2D eigenvalue weighted by atomic mass is 9.87. The molecule has 1 aromatic carbocycles. The highest BCUT2D eigenvalue weighted by Gasteiger charge is 2.56. The van der Waals surface area contributed by atoms with Crippen LogP contribution in [-0.2, 0) is 10.3 Å². The van der Waals surface area contributed by atoms with Crippen LogP contribution in [0.4, 0.5) is 18.9 Å². The van der Waals surface area contributed by atoms with Crippen LogP contribution in [0.3, 0.4) is 0 Å². The molecule has 1 unspecified atom stereocenters. The molecule has 27 heavy (non-hydrogen) atoms. The molecule has 8 heteroatoms. The predicted molar refractivity (Wildman–Crippen MR) is 98.4 cm³/mol. The minimum atomic E-state index is -4.93. The Labute approximate surface area is 157 Å². The van der Waals surface area contributed by atoms with Gasteiger partial charge < -0.3 is 19.5 Å². The quantitative estimate of drug-likeness (QED) is 0.306. The first-order chi connectivity index (χ1) is 12.6. The fraction of sp³-hybridized carbons (Fsp3) is 0.526. The van der Waals surface area contributed by atoms with Crippen molar-refractivity contribution in [3.8, 4) is 18.1 Å². The Morgan fingerprint density at radius 1 is 1.37 bits per heavy atom. The van der Waals surface area contributed by atoms with E-state index >= 15 is 0 Å². The second kappa shape index (κ2) is 9.62. The number of alkyl halides is 3. The second-order valence-electron chi connectivity index (χ2n) is 6.02. The van der Waals surface area contributed by atoms with Crippen LogP contribution < -0.4 is 4.74 Å². The maximum Gasteiger partial charge on any atom is 0.421 e. The van der Waals surface area contributed by atoms with E-state index in [1.807, 2.05) is 18.9 Å². The van der Waals surface area contributed by atoms with E-state index in [2.05, 4.69) is 10.9 Å². The zero-order valence-corrected chi connectivity index (χ0v) is 15.9. The molecule has 1 aromatic rings. The molecule has 0 aromatic heterocycles. The number of hydrogen-bond donors (Lipinski definition) is 1. The van der Waals surface area contributed by atoms with Crippen molar-refractivity contribution in [3.05, 3.63) is 23.3 Å². The summed E-state index contributed by atoms with van der Waals surface area (Å²) < 4.78 is 51.2. The van der Waals surface area contributed by atoms with E-state index in [9.17, 15) is 18.3 Å². The summed E-state index contributed by atoms with van der Waals surface area (Å²) in [6.07, 6.45) is 0.951. The number of terminal acetylenes is 1. The van der Waals surface area contributed by atoms with Crippen molar-refractivity contribution in [2.75, 3.05) is 33.9 Å². The average Bonchev–Trinajstić information content (AvgIpc) is 2.62. The summed E-state index contributed by atoms with van der Waals surface area (Å²) in [5, 5.41) is 10.5. The fourth-order valence-corrected chi connectivity index (χ4v) is 2.33. The molecular formula is C19H25F3N2O3. The van der Waals surface area contributed by atoms with Crippen molar-refractivity contribution < 1.29 is 27.8 Å². The van der Waals surface area contributed by atoms with E-state index in [1.165, 1.54) is 19.2 Å². The van der Waals surface area contributed by atoms with Crippen molar-refractivity contribution in [3.63, 3.8) is 0 Å². The molecule has 0 bridgehead atoms. The summed E-state index contributed by atoms with van der Waals surface area (Å²) in [5.41, 5.74) is -2.61. The summed E-state index contributed by atoms with van der Waals surface area (Å²) in [6, 6.07) is 2.62. The number of aliphatic imine (C=N–C) groups is 1. The lowest BCUT2D eigenvalue weighted by Crippen LogP contribution is -2.43. The van der Waals surface area contributed by atoms with Gasteiger partial charge in [0.1, 0.15) is 12.4 Å². The van der Waals surface area contributed by atoms with E-state index in [-0.39, 0.29) is 24.5 Å². The normalized spacial score (nSPS) is 14.0. The zero-order valence-electron chi connectivity index (χ0n) is 15.9. The Morgan fingerprint density at radius 2 is 2.04 bits per heavy atom. The van der Waals surface area contributed by atoms with Crippen LogP contribution in [0.5, 0.6) is 5.75 Å². The molecule has 0 saturated carbocycles. The van der Waals surface area contributed by atoms with Crippen molar-refractivity contribution in [1.29, 1.82) is 0 Å². The van der Waals surface area contributed by atoms with E-state index < -0.39 is 18.2 Å². The van der Waals surface area contributed by atoms with Crippen LogP contribution in [0.1, 0.15) is 24.5 Å². The molecule has 0 aliphatic carbocycles. The van der Waals surface area contributed by atoms with Gasteiger partial charge in [-0.3, -0.25) is 0 Å². The minimum Gasteiger partial charge on any atom is -0.496 e. The SMILES string of the molecule is C#CCOCCC(O)(c1cc(C)c(/N=C/N(C)CC)cc1OC)C(F)(F)F. The van der Waals surface area contributed by atoms with Crippen LogP contribution in [0.2, 0.25) is 0 Å². The van der Waals surface area contributed by atoms with Gasteiger partial charge >= 0.3 is 6.18 Å². The summed E-state index contributed by atoms with van der Waals surface area (Å²) in [4.78, 5) is 6.08. The van der Waals surface area contributed by atoms with Crippen molar-refractivity contribution >= 4 is 12.0 Å². The minimum absolute atomic E-state index is 0.108. The van der Waals surface area contributed by atoms with Gasteiger partial charge in [-0.15, -0.1) is 6.42 Å². The van der Waals surface area contributed by atoms with Gasteiger partial charge in [0.05, 0.1) is 25.7 Å². The van der Waals surface area contributed by atoms with E-state index in [0.29, 0.717) is 11.3 Å². The Morgan fingerprint density at radius 3 is 2.56 bits per heavy atom. The van der Waals surface area contributed by atoms with Crippen LogP contribution in [0.15, 0.2) is 17.1 Å². The third-order valence-electron chi connectivity index (χ3n) is 4.12. The molecule has 1 rings (SSSR count). The smallest absolute Gasteiger partial charge is 0.421 e. The molecule has 0 aliphatic heterocycles. The number of methoxy groups -OCH3 is 1. The van der Waals surface area contributed by atoms with Crippen LogP contribution in [-0.4, -0.2) is 56.4 Å². The van der Waals surface area contributed by atoms with E-state index in [0.717, 1.165) is 6.54 Å². The second-order valence-corrected chi connectivity index (χ2v) is 6.02. The molecular weight excluding hydrogens is 361 g/mol. The number of benzene rings is 1. The van der Waals surface area contributed by atoms with E-state index in [1.54, 1.807) is 13.3 Å². The van der Waals surface area contributed by atoms with Gasteiger partial charge in [-0.1, -0.05) is 5.92 Å². The third kappa shape index (κ3) is 5.62.